The molecule has 1 aliphatic rings. The lowest BCUT2D eigenvalue weighted by atomic mass is 10.1. The maximum atomic E-state index is 11.7. The summed E-state index contributed by atoms with van der Waals surface area (Å²) in [5, 5.41) is -0.404. The van der Waals surface area contributed by atoms with Crippen molar-refractivity contribution in [3.8, 4) is 0 Å². The second-order valence-corrected chi connectivity index (χ2v) is 5.36. The number of halogens is 1. The molecule has 0 saturated carbocycles. The molecule has 0 aromatic heterocycles. The Balaban J connectivity index is 1.85. The lowest BCUT2D eigenvalue weighted by molar-refractivity contribution is -0.559. The Morgan fingerprint density at radius 2 is 2.00 bits per heavy atom. The number of carbonyl (C=O) groups is 1. The van der Waals surface area contributed by atoms with Crippen LogP contribution in [-0.4, -0.2) is 16.4 Å². The Bertz CT molecular complexity index is 467. The van der Waals surface area contributed by atoms with Crippen LogP contribution in [0.2, 0.25) is 0 Å². The van der Waals surface area contributed by atoms with E-state index in [0.717, 1.165) is 10.8 Å². The van der Waals surface area contributed by atoms with Crippen molar-refractivity contribution in [3.63, 3.8) is 0 Å². The van der Waals surface area contributed by atoms with Crippen LogP contribution in [0.5, 0.6) is 0 Å². The fourth-order valence-electron chi connectivity index (χ4n) is 1.70. The number of carbonyl (C=O) groups excluding carboxylic acids is 1. The van der Waals surface area contributed by atoms with Gasteiger partial charge in [-0.1, -0.05) is 61.0 Å². The van der Waals surface area contributed by atoms with Gasteiger partial charge in [-0.25, -0.2) is 0 Å². The first-order valence-corrected chi connectivity index (χ1v) is 6.51. The standard InChI is InChI=1S/C14H16ClNO3/c1-11(2)10-14(15)18-16(19-14)13(17)9-8-12-6-4-3-5-7-12/h3-9,11H,10H2,1-2H3/b9-8+. The number of benzene rings is 1. The highest BCUT2D eigenvalue weighted by atomic mass is 35.5. The fourth-order valence-corrected chi connectivity index (χ4v) is 2.13. The van der Waals surface area contributed by atoms with Crippen molar-refractivity contribution in [3.05, 3.63) is 42.0 Å². The van der Waals surface area contributed by atoms with Crippen LogP contribution in [0.25, 0.3) is 6.08 Å². The largest absolute Gasteiger partial charge is 0.299 e. The molecule has 19 heavy (non-hydrogen) atoms. The highest BCUT2D eigenvalue weighted by Crippen LogP contribution is 2.37. The summed E-state index contributed by atoms with van der Waals surface area (Å²) in [6, 6.07) is 9.49. The molecule has 1 heterocycles. The first-order chi connectivity index (χ1) is 8.98. The number of hydrogen-bond acceptors (Lipinski definition) is 3. The minimum atomic E-state index is -1.20. The molecule has 1 aromatic carbocycles. The lowest BCUT2D eigenvalue weighted by Crippen LogP contribution is -2.55. The average Bonchev–Trinajstić information content (AvgIpc) is 2.33. The van der Waals surface area contributed by atoms with Crippen molar-refractivity contribution in [1.82, 2.24) is 5.23 Å². The van der Waals surface area contributed by atoms with Crippen LogP contribution < -0.4 is 0 Å². The smallest absolute Gasteiger partial charge is 0.265 e. The number of rotatable bonds is 4. The minimum absolute atomic E-state index is 0.314. The van der Waals surface area contributed by atoms with Crippen LogP contribution in [0.1, 0.15) is 25.8 Å². The van der Waals surface area contributed by atoms with E-state index in [1.54, 1.807) is 6.08 Å². The Labute approximate surface area is 117 Å². The Kier molecular flexibility index (Phi) is 4.24. The van der Waals surface area contributed by atoms with Gasteiger partial charge in [-0.15, -0.1) is 0 Å². The normalized spacial score (nSPS) is 17.8. The Hall–Kier alpha value is -1.36. The summed E-state index contributed by atoms with van der Waals surface area (Å²) < 4.78 is 0. The summed E-state index contributed by atoms with van der Waals surface area (Å²) in [7, 11) is 0. The average molecular weight is 282 g/mol. The van der Waals surface area contributed by atoms with Crippen LogP contribution in [0, 0.1) is 5.92 Å². The maximum Gasteiger partial charge on any atom is 0.299 e. The third kappa shape index (κ3) is 3.80. The van der Waals surface area contributed by atoms with Crippen LogP contribution in [0.15, 0.2) is 36.4 Å². The number of alkyl halides is 1. The molecule has 102 valence electrons. The Morgan fingerprint density at radius 3 is 2.58 bits per heavy atom. The summed E-state index contributed by atoms with van der Waals surface area (Å²) in [5.41, 5.74) is 0.927. The van der Waals surface area contributed by atoms with Gasteiger partial charge < -0.3 is 0 Å². The summed E-state index contributed by atoms with van der Waals surface area (Å²) in [6.07, 6.45) is 3.58. The van der Waals surface area contributed by atoms with E-state index in [4.69, 9.17) is 21.3 Å². The molecule has 0 radical (unpaired) electrons. The van der Waals surface area contributed by atoms with Crippen LogP contribution in [-0.2, 0) is 14.5 Å². The van der Waals surface area contributed by atoms with Gasteiger partial charge in [-0.3, -0.25) is 4.79 Å². The first-order valence-electron chi connectivity index (χ1n) is 6.13. The molecule has 5 heteroatoms. The predicted octanol–water partition coefficient (Wildman–Crippen LogP) is 3.34. The molecule has 0 N–H and O–H groups in total. The molecule has 0 aliphatic carbocycles. The molecule has 0 spiro atoms. The van der Waals surface area contributed by atoms with E-state index < -0.39 is 11.2 Å². The summed E-state index contributed by atoms with van der Waals surface area (Å²) in [5.74, 6) is -0.0847. The predicted molar refractivity (Wildman–Crippen MR) is 72.5 cm³/mol. The first kappa shape index (κ1) is 14.1. The van der Waals surface area contributed by atoms with E-state index in [2.05, 4.69) is 0 Å². The molecule has 0 bridgehead atoms. The van der Waals surface area contributed by atoms with E-state index in [1.165, 1.54) is 6.08 Å². The second-order valence-electron chi connectivity index (χ2n) is 4.78. The molecule has 4 nitrogen and oxygen atoms in total. The molecule has 1 saturated heterocycles. The molecule has 1 amide bonds. The number of nitrogens with zero attached hydrogens (tertiary/aromatic N) is 1. The van der Waals surface area contributed by atoms with E-state index in [0.29, 0.717) is 12.3 Å². The van der Waals surface area contributed by atoms with Gasteiger partial charge in [-0.05, 0) is 17.6 Å². The van der Waals surface area contributed by atoms with Crippen molar-refractivity contribution in [1.29, 1.82) is 0 Å². The molecule has 1 fully saturated rings. The van der Waals surface area contributed by atoms with E-state index in [9.17, 15) is 4.79 Å². The van der Waals surface area contributed by atoms with Gasteiger partial charge in [-0.2, -0.15) is 9.68 Å². The zero-order chi connectivity index (χ0) is 13.9. The van der Waals surface area contributed by atoms with E-state index in [-0.39, 0.29) is 0 Å². The van der Waals surface area contributed by atoms with Crippen molar-refractivity contribution in [2.75, 3.05) is 0 Å². The quantitative estimate of drug-likeness (QED) is 0.627. The topological polar surface area (TPSA) is 38.8 Å². The van der Waals surface area contributed by atoms with E-state index >= 15 is 0 Å². The molecular formula is C14H16ClNO3. The van der Waals surface area contributed by atoms with Crippen molar-refractivity contribution < 1.29 is 14.5 Å². The van der Waals surface area contributed by atoms with Gasteiger partial charge >= 0.3 is 0 Å². The molecule has 0 unspecified atom stereocenters. The molecular weight excluding hydrogens is 266 g/mol. The van der Waals surface area contributed by atoms with Crippen molar-refractivity contribution >= 4 is 23.6 Å². The van der Waals surface area contributed by atoms with Crippen molar-refractivity contribution in [2.45, 2.75) is 25.5 Å². The second kappa shape index (κ2) is 5.74. The van der Waals surface area contributed by atoms with Gasteiger partial charge in [0.05, 0.1) is 0 Å². The third-order valence-corrected chi connectivity index (χ3v) is 2.78. The minimum Gasteiger partial charge on any atom is -0.265 e. The number of hydroxylamine groups is 2. The van der Waals surface area contributed by atoms with Gasteiger partial charge in [0.15, 0.2) is 0 Å². The summed E-state index contributed by atoms with van der Waals surface area (Å²) in [6.45, 7) is 3.99. The molecule has 1 aromatic rings. The summed E-state index contributed by atoms with van der Waals surface area (Å²) in [4.78, 5) is 22.0. The number of hydrogen-bond donors (Lipinski definition) is 0. The van der Waals surface area contributed by atoms with Crippen LogP contribution in [0.4, 0.5) is 0 Å². The zero-order valence-electron chi connectivity index (χ0n) is 10.9. The molecule has 2 rings (SSSR count). The summed E-state index contributed by atoms with van der Waals surface area (Å²) >= 11 is 6.00. The van der Waals surface area contributed by atoms with E-state index in [1.807, 2.05) is 44.2 Å². The SMILES string of the molecule is CC(C)CC1(Cl)ON(C(=O)/C=C/c2ccccc2)O1. The lowest BCUT2D eigenvalue weighted by Gasteiger charge is -2.42. The van der Waals surface area contributed by atoms with Crippen LogP contribution >= 0.6 is 11.6 Å². The molecule has 0 atom stereocenters. The van der Waals surface area contributed by atoms with Gasteiger partial charge in [0.1, 0.15) is 0 Å². The van der Waals surface area contributed by atoms with Gasteiger partial charge in [0.25, 0.3) is 11.2 Å². The van der Waals surface area contributed by atoms with Crippen LogP contribution in [0.3, 0.4) is 0 Å². The maximum absolute atomic E-state index is 11.7. The zero-order valence-corrected chi connectivity index (χ0v) is 11.6. The monoisotopic (exact) mass is 281 g/mol. The highest BCUT2D eigenvalue weighted by Gasteiger charge is 2.48. The fraction of sp³-hybridized carbons (Fsp3) is 0.357. The Morgan fingerprint density at radius 1 is 1.37 bits per heavy atom. The number of amides is 1. The van der Waals surface area contributed by atoms with Crippen molar-refractivity contribution in [2.24, 2.45) is 5.92 Å². The highest BCUT2D eigenvalue weighted by molar-refractivity contribution is 6.22. The molecule has 1 aliphatic heterocycles. The van der Waals surface area contributed by atoms with Gasteiger partial charge in [0, 0.05) is 12.5 Å². The third-order valence-electron chi connectivity index (χ3n) is 2.49. The van der Waals surface area contributed by atoms with Gasteiger partial charge in [0.2, 0.25) is 0 Å².